The smallest absolute Gasteiger partial charge is 0.239 e. The van der Waals surface area contributed by atoms with Crippen LogP contribution in [0.3, 0.4) is 0 Å². The van der Waals surface area contributed by atoms with E-state index in [9.17, 15) is 4.79 Å². The van der Waals surface area contributed by atoms with Crippen molar-refractivity contribution < 1.29 is 9.32 Å². The number of amides is 1. The number of hydrogen-bond acceptors (Lipinski definition) is 3. The Balaban J connectivity index is 2.48. The zero-order valence-electron chi connectivity index (χ0n) is 5.00. The van der Waals surface area contributed by atoms with Crippen LogP contribution in [0.2, 0.25) is 0 Å². The van der Waals surface area contributed by atoms with Gasteiger partial charge in [0.2, 0.25) is 5.91 Å². The molecule has 4 nitrogen and oxygen atoms in total. The van der Waals surface area contributed by atoms with Crippen molar-refractivity contribution in [3.05, 3.63) is 12.5 Å². The van der Waals surface area contributed by atoms with Crippen LogP contribution in [0.4, 0.5) is 5.69 Å². The summed E-state index contributed by atoms with van der Waals surface area (Å²) in [6, 6.07) is 0. The van der Waals surface area contributed by atoms with Gasteiger partial charge in [-0.25, -0.2) is 0 Å². The van der Waals surface area contributed by atoms with Crippen LogP contribution < -0.4 is 5.32 Å². The van der Waals surface area contributed by atoms with Gasteiger partial charge >= 0.3 is 0 Å². The third-order valence-electron chi connectivity index (χ3n) is 0.837. The maximum absolute atomic E-state index is 10.6. The molecule has 0 atom stereocenters. The second-order valence-electron chi connectivity index (χ2n) is 1.59. The minimum Gasteiger partial charge on any atom is -0.363 e. The standard InChI is InChI=1S/C5H5ClN2O2/c6-1-5(9)8-4-2-7-10-3-4/h2-3H,1H2,(H,8,9). The summed E-state index contributed by atoms with van der Waals surface area (Å²) in [5.41, 5.74) is 0.519. The molecule has 0 saturated heterocycles. The quantitative estimate of drug-likeness (QED) is 0.653. The van der Waals surface area contributed by atoms with E-state index in [0.29, 0.717) is 5.69 Å². The minimum atomic E-state index is -0.273. The van der Waals surface area contributed by atoms with Crippen LogP contribution in [0.25, 0.3) is 0 Å². The highest BCUT2D eigenvalue weighted by Gasteiger charge is 1.99. The lowest BCUT2D eigenvalue weighted by Crippen LogP contribution is -2.11. The van der Waals surface area contributed by atoms with Gasteiger partial charge in [-0.15, -0.1) is 11.6 Å². The normalized spacial score (nSPS) is 9.30. The Kier molecular flexibility index (Phi) is 2.28. The average Bonchev–Trinajstić information content (AvgIpc) is 2.40. The Morgan fingerprint density at radius 3 is 3.20 bits per heavy atom. The first-order valence-electron chi connectivity index (χ1n) is 2.58. The molecule has 1 aromatic rings. The second kappa shape index (κ2) is 3.22. The lowest BCUT2D eigenvalue weighted by Gasteiger charge is -1.93. The first kappa shape index (κ1) is 7.08. The fourth-order valence-corrected chi connectivity index (χ4v) is 0.528. The van der Waals surface area contributed by atoms with Gasteiger partial charge in [0.25, 0.3) is 0 Å². The van der Waals surface area contributed by atoms with Gasteiger partial charge in [-0.05, 0) is 0 Å². The van der Waals surface area contributed by atoms with Crippen LogP contribution in [0.5, 0.6) is 0 Å². The molecule has 0 aliphatic rings. The molecule has 0 aliphatic heterocycles. The predicted octanol–water partition coefficient (Wildman–Crippen LogP) is 0.852. The molecule has 0 aromatic carbocycles. The highest BCUT2D eigenvalue weighted by molar-refractivity contribution is 6.29. The maximum Gasteiger partial charge on any atom is 0.239 e. The molecule has 1 aromatic heterocycles. The molecule has 0 radical (unpaired) electrons. The van der Waals surface area contributed by atoms with E-state index >= 15 is 0 Å². The molecule has 0 saturated carbocycles. The maximum atomic E-state index is 10.6. The first-order valence-corrected chi connectivity index (χ1v) is 3.11. The van der Waals surface area contributed by atoms with Crippen LogP contribution in [-0.2, 0) is 4.79 Å². The van der Waals surface area contributed by atoms with E-state index < -0.39 is 0 Å². The average molecular weight is 161 g/mol. The highest BCUT2D eigenvalue weighted by atomic mass is 35.5. The minimum absolute atomic E-state index is 0.0643. The zero-order chi connectivity index (χ0) is 7.40. The van der Waals surface area contributed by atoms with Crippen molar-refractivity contribution in [2.75, 3.05) is 11.2 Å². The topological polar surface area (TPSA) is 55.1 Å². The summed E-state index contributed by atoms with van der Waals surface area (Å²) in [6.07, 6.45) is 2.72. The van der Waals surface area contributed by atoms with Crippen molar-refractivity contribution in [2.24, 2.45) is 0 Å². The van der Waals surface area contributed by atoms with Crippen molar-refractivity contribution >= 4 is 23.2 Å². The van der Waals surface area contributed by atoms with Crippen LogP contribution in [-0.4, -0.2) is 16.9 Å². The van der Waals surface area contributed by atoms with Gasteiger partial charge in [0.05, 0.1) is 6.20 Å². The van der Waals surface area contributed by atoms with Gasteiger partial charge in [0.15, 0.2) is 0 Å². The zero-order valence-corrected chi connectivity index (χ0v) is 5.76. The van der Waals surface area contributed by atoms with E-state index in [4.69, 9.17) is 11.6 Å². The van der Waals surface area contributed by atoms with E-state index in [-0.39, 0.29) is 11.8 Å². The summed E-state index contributed by atoms with van der Waals surface area (Å²) in [5.74, 6) is -0.338. The fraction of sp³-hybridized carbons (Fsp3) is 0.200. The molecular weight excluding hydrogens is 156 g/mol. The fourth-order valence-electron chi connectivity index (χ4n) is 0.461. The van der Waals surface area contributed by atoms with E-state index in [0.717, 1.165) is 0 Å². The largest absolute Gasteiger partial charge is 0.363 e. The monoisotopic (exact) mass is 160 g/mol. The van der Waals surface area contributed by atoms with Gasteiger partial charge in [-0.2, -0.15) is 0 Å². The van der Waals surface area contributed by atoms with Crippen molar-refractivity contribution in [3.63, 3.8) is 0 Å². The van der Waals surface area contributed by atoms with Crippen LogP contribution >= 0.6 is 11.6 Å². The summed E-state index contributed by atoms with van der Waals surface area (Å²) < 4.78 is 4.45. The lowest BCUT2D eigenvalue weighted by molar-refractivity contribution is -0.113. The van der Waals surface area contributed by atoms with Crippen molar-refractivity contribution in [1.82, 2.24) is 5.16 Å². The highest BCUT2D eigenvalue weighted by Crippen LogP contribution is 2.02. The Labute approximate surface area is 62.1 Å². The summed E-state index contributed by atoms with van der Waals surface area (Å²) in [6.45, 7) is 0. The molecule has 0 bridgehead atoms. The number of alkyl halides is 1. The van der Waals surface area contributed by atoms with Crippen molar-refractivity contribution in [3.8, 4) is 0 Å². The van der Waals surface area contributed by atoms with E-state index in [1.54, 1.807) is 0 Å². The molecule has 0 aliphatic carbocycles. The molecule has 5 heteroatoms. The number of rotatable bonds is 2. The number of hydrogen-bond donors (Lipinski definition) is 1. The third kappa shape index (κ3) is 1.73. The van der Waals surface area contributed by atoms with E-state index in [2.05, 4.69) is 15.0 Å². The molecule has 1 rings (SSSR count). The summed E-state index contributed by atoms with van der Waals surface area (Å²) in [4.78, 5) is 10.6. The SMILES string of the molecule is O=C(CCl)Nc1cnoc1. The number of aromatic nitrogens is 1. The van der Waals surface area contributed by atoms with Gasteiger partial charge in [0.1, 0.15) is 17.8 Å². The number of halogens is 1. The molecule has 1 heterocycles. The molecular formula is C5H5ClN2O2. The molecule has 1 amide bonds. The summed E-state index contributed by atoms with van der Waals surface area (Å²) in [7, 11) is 0. The Bertz CT molecular complexity index is 209. The lowest BCUT2D eigenvalue weighted by atomic mass is 10.5. The Morgan fingerprint density at radius 2 is 2.70 bits per heavy atom. The van der Waals surface area contributed by atoms with Crippen LogP contribution in [0, 0.1) is 0 Å². The molecule has 54 valence electrons. The van der Waals surface area contributed by atoms with Gasteiger partial charge in [-0.3, -0.25) is 4.79 Å². The van der Waals surface area contributed by atoms with Gasteiger partial charge < -0.3 is 9.84 Å². The molecule has 1 N–H and O–H groups in total. The first-order chi connectivity index (χ1) is 4.83. The van der Waals surface area contributed by atoms with Crippen molar-refractivity contribution in [1.29, 1.82) is 0 Å². The van der Waals surface area contributed by atoms with Gasteiger partial charge in [0, 0.05) is 0 Å². The second-order valence-corrected chi connectivity index (χ2v) is 1.86. The van der Waals surface area contributed by atoms with Gasteiger partial charge in [-0.1, -0.05) is 5.16 Å². The number of carbonyl (C=O) groups excluding carboxylic acids is 1. The molecule has 0 spiro atoms. The molecule has 10 heavy (non-hydrogen) atoms. The third-order valence-corrected chi connectivity index (χ3v) is 1.08. The van der Waals surface area contributed by atoms with E-state index in [1.165, 1.54) is 12.5 Å². The predicted molar refractivity (Wildman–Crippen MR) is 35.9 cm³/mol. The Morgan fingerprint density at radius 1 is 1.90 bits per heavy atom. The van der Waals surface area contributed by atoms with Crippen LogP contribution in [0.15, 0.2) is 17.0 Å². The summed E-state index contributed by atoms with van der Waals surface area (Å²) >= 11 is 5.21. The van der Waals surface area contributed by atoms with E-state index in [1.807, 2.05) is 0 Å². The molecule has 0 unspecified atom stereocenters. The number of carbonyl (C=O) groups is 1. The van der Waals surface area contributed by atoms with Crippen LogP contribution in [0.1, 0.15) is 0 Å². The number of nitrogens with zero attached hydrogens (tertiary/aromatic N) is 1. The number of nitrogens with one attached hydrogen (secondary N) is 1. The Hall–Kier alpha value is -1.03. The van der Waals surface area contributed by atoms with Crippen molar-refractivity contribution in [2.45, 2.75) is 0 Å². The summed E-state index contributed by atoms with van der Waals surface area (Å²) in [5, 5.41) is 5.82. The number of anilines is 1. The molecule has 0 fully saturated rings.